The van der Waals surface area contributed by atoms with Crippen molar-refractivity contribution < 1.29 is 9.18 Å². The molecule has 3 atom stereocenters. The van der Waals surface area contributed by atoms with Crippen molar-refractivity contribution in [1.29, 1.82) is 0 Å². The molecule has 0 radical (unpaired) electrons. The van der Waals surface area contributed by atoms with E-state index in [1.165, 1.54) is 18.7 Å². The van der Waals surface area contributed by atoms with Crippen molar-refractivity contribution in [3.63, 3.8) is 0 Å². The van der Waals surface area contributed by atoms with Crippen molar-refractivity contribution in [2.75, 3.05) is 0 Å². The zero-order valence-electron chi connectivity index (χ0n) is 12.9. The van der Waals surface area contributed by atoms with Gasteiger partial charge in [0.1, 0.15) is 0 Å². The lowest BCUT2D eigenvalue weighted by atomic mass is 9.78. The Morgan fingerprint density at radius 2 is 2.10 bits per heavy atom. The number of amides is 1. The van der Waals surface area contributed by atoms with E-state index in [-0.39, 0.29) is 11.9 Å². The standard InChI is InChI=1S/C17H23FN2O/c1-10(2)14-9-19-16(18)8-13(14)17(21)20-15-7-5-6-11(3)12(15)4/h8-9,11-12,15H,1,5-7H2,2-4H3,(H,20,21). The summed E-state index contributed by atoms with van der Waals surface area (Å²) in [6.45, 7) is 10.0. The molecular weight excluding hydrogens is 267 g/mol. The van der Waals surface area contributed by atoms with E-state index in [0.717, 1.165) is 12.8 Å². The summed E-state index contributed by atoms with van der Waals surface area (Å²) in [7, 11) is 0. The van der Waals surface area contributed by atoms with E-state index >= 15 is 0 Å². The second-order valence-electron chi connectivity index (χ2n) is 6.18. The van der Waals surface area contributed by atoms with Crippen LogP contribution in [0.1, 0.15) is 56.0 Å². The molecular formula is C17H23FN2O. The minimum absolute atomic E-state index is 0.149. The van der Waals surface area contributed by atoms with Gasteiger partial charge in [0.25, 0.3) is 5.91 Å². The Morgan fingerprint density at radius 3 is 2.76 bits per heavy atom. The highest BCUT2D eigenvalue weighted by atomic mass is 19.1. The third kappa shape index (κ3) is 3.49. The number of carbonyl (C=O) groups is 1. The molecule has 1 amide bonds. The van der Waals surface area contributed by atoms with Gasteiger partial charge in [-0.1, -0.05) is 33.3 Å². The Hall–Kier alpha value is -1.71. The van der Waals surface area contributed by atoms with Crippen LogP contribution in [0.4, 0.5) is 4.39 Å². The Morgan fingerprint density at radius 1 is 1.38 bits per heavy atom. The van der Waals surface area contributed by atoms with Gasteiger partial charge >= 0.3 is 0 Å². The van der Waals surface area contributed by atoms with Gasteiger partial charge in [-0.25, -0.2) is 4.98 Å². The zero-order valence-corrected chi connectivity index (χ0v) is 12.9. The van der Waals surface area contributed by atoms with Gasteiger partial charge in [0.2, 0.25) is 5.95 Å². The highest BCUT2D eigenvalue weighted by Gasteiger charge is 2.29. The molecule has 3 unspecified atom stereocenters. The molecule has 1 saturated carbocycles. The van der Waals surface area contributed by atoms with Crippen LogP contribution < -0.4 is 5.32 Å². The van der Waals surface area contributed by atoms with Gasteiger partial charge in [-0.05, 0) is 30.8 Å². The van der Waals surface area contributed by atoms with E-state index in [1.54, 1.807) is 6.92 Å². The summed E-state index contributed by atoms with van der Waals surface area (Å²) >= 11 is 0. The molecule has 1 N–H and O–H groups in total. The summed E-state index contributed by atoms with van der Waals surface area (Å²) in [6, 6.07) is 1.34. The fraction of sp³-hybridized carbons (Fsp3) is 0.529. The van der Waals surface area contributed by atoms with E-state index in [0.29, 0.717) is 28.5 Å². The van der Waals surface area contributed by atoms with Gasteiger partial charge in [0.15, 0.2) is 0 Å². The lowest BCUT2D eigenvalue weighted by molar-refractivity contribution is 0.0890. The molecule has 2 rings (SSSR count). The maximum Gasteiger partial charge on any atom is 0.252 e. The van der Waals surface area contributed by atoms with E-state index in [2.05, 4.69) is 30.7 Å². The monoisotopic (exact) mass is 290 g/mol. The summed E-state index contributed by atoms with van der Waals surface area (Å²) < 4.78 is 13.4. The summed E-state index contributed by atoms with van der Waals surface area (Å²) in [5.74, 6) is 0.150. The first kappa shape index (κ1) is 15.7. The molecule has 1 aliphatic carbocycles. The van der Waals surface area contributed by atoms with Crippen molar-refractivity contribution in [3.05, 3.63) is 35.9 Å². The third-order valence-corrected chi connectivity index (χ3v) is 4.60. The van der Waals surface area contributed by atoms with Gasteiger partial charge in [-0.15, -0.1) is 0 Å². The maximum absolute atomic E-state index is 13.4. The lowest BCUT2D eigenvalue weighted by Gasteiger charge is -2.34. The molecule has 0 aliphatic heterocycles. The molecule has 21 heavy (non-hydrogen) atoms. The van der Waals surface area contributed by atoms with E-state index in [9.17, 15) is 9.18 Å². The molecule has 1 aromatic heterocycles. The Balaban J connectivity index is 2.20. The Labute approximate surface area is 125 Å². The van der Waals surface area contributed by atoms with Crippen LogP contribution in [0.3, 0.4) is 0 Å². The molecule has 3 nitrogen and oxygen atoms in total. The van der Waals surface area contributed by atoms with E-state index < -0.39 is 5.95 Å². The van der Waals surface area contributed by atoms with Crippen LogP contribution in [-0.2, 0) is 0 Å². The van der Waals surface area contributed by atoms with Crippen molar-refractivity contribution in [3.8, 4) is 0 Å². The molecule has 4 heteroatoms. The second kappa shape index (κ2) is 6.37. The molecule has 0 saturated heterocycles. The number of pyridine rings is 1. The van der Waals surface area contributed by atoms with Crippen molar-refractivity contribution in [1.82, 2.24) is 10.3 Å². The number of allylic oxidation sites excluding steroid dienone is 1. The van der Waals surface area contributed by atoms with Gasteiger partial charge in [0, 0.05) is 23.9 Å². The number of carbonyl (C=O) groups excluding carboxylic acids is 1. The van der Waals surface area contributed by atoms with Crippen LogP contribution in [0.5, 0.6) is 0 Å². The summed E-state index contributed by atoms with van der Waals surface area (Å²) in [5.41, 5.74) is 1.63. The smallest absolute Gasteiger partial charge is 0.252 e. The van der Waals surface area contributed by atoms with Gasteiger partial charge < -0.3 is 5.32 Å². The summed E-state index contributed by atoms with van der Waals surface area (Å²) in [6.07, 6.45) is 4.68. The molecule has 1 heterocycles. The average molecular weight is 290 g/mol. The molecule has 0 bridgehead atoms. The van der Waals surface area contributed by atoms with Crippen molar-refractivity contribution >= 4 is 11.5 Å². The Bertz CT molecular complexity index is 556. The summed E-state index contributed by atoms with van der Waals surface area (Å²) in [4.78, 5) is 16.1. The van der Waals surface area contributed by atoms with Crippen LogP contribution in [0.15, 0.2) is 18.8 Å². The SMILES string of the molecule is C=C(C)c1cnc(F)cc1C(=O)NC1CCCC(C)C1C. The fourth-order valence-electron chi connectivity index (χ4n) is 2.99. The number of aromatic nitrogens is 1. The van der Waals surface area contributed by atoms with Crippen LogP contribution in [0.25, 0.3) is 5.57 Å². The van der Waals surface area contributed by atoms with E-state index in [1.807, 2.05) is 0 Å². The van der Waals surface area contributed by atoms with Crippen molar-refractivity contribution in [2.24, 2.45) is 11.8 Å². The van der Waals surface area contributed by atoms with Crippen LogP contribution in [0.2, 0.25) is 0 Å². The fourth-order valence-corrected chi connectivity index (χ4v) is 2.99. The largest absolute Gasteiger partial charge is 0.349 e. The predicted molar refractivity (Wildman–Crippen MR) is 82.3 cm³/mol. The van der Waals surface area contributed by atoms with Gasteiger partial charge in [-0.3, -0.25) is 4.79 Å². The first-order valence-electron chi connectivity index (χ1n) is 7.52. The highest BCUT2D eigenvalue weighted by Crippen LogP contribution is 2.30. The van der Waals surface area contributed by atoms with Crippen LogP contribution in [-0.4, -0.2) is 16.9 Å². The molecule has 1 aliphatic rings. The highest BCUT2D eigenvalue weighted by molar-refractivity contribution is 5.98. The first-order valence-corrected chi connectivity index (χ1v) is 7.52. The molecule has 1 aromatic rings. The molecule has 1 fully saturated rings. The van der Waals surface area contributed by atoms with Crippen molar-refractivity contribution in [2.45, 2.75) is 46.1 Å². The topological polar surface area (TPSA) is 42.0 Å². The molecule has 0 spiro atoms. The number of halogens is 1. The molecule has 0 aromatic carbocycles. The van der Waals surface area contributed by atoms with Crippen LogP contribution in [0, 0.1) is 17.8 Å². The Kier molecular flexibility index (Phi) is 4.76. The quantitative estimate of drug-likeness (QED) is 0.860. The lowest BCUT2D eigenvalue weighted by Crippen LogP contribution is -2.44. The maximum atomic E-state index is 13.4. The number of nitrogens with zero attached hydrogens (tertiary/aromatic N) is 1. The van der Waals surface area contributed by atoms with E-state index in [4.69, 9.17) is 0 Å². The predicted octanol–water partition coefficient (Wildman–Crippen LogP) is 3.81. The third-order valence-electron chi connectivity index (χ3n) is 4.60. The zero-order chi connectivity index (χ0) is 15.6. The number of hydrogen-bond donors (Lipinski definition) is 1. The number of rotatable bonds is 3. The van der Waals surface area contributed by atoms with Crippen LogP contribution >= 0.6 is 0 Å². The first-order chi connectivity index (χ1) is 9.90. The minimum Gasteiger partial charge on any atom is -0.349 e. The number of hydrogen-bond acceptors (Lipinski definition) is 2. The second-order valence-corrected chi connectivity index (χ2v) is 6.18. The minimum atomic E-state index is -0.643. The van der Waals surface area contributed by atoms with Gasteiger partial charge in [-0.2, -0.15) is 4.39 Å². The number of nitrogens with one attached hydrogen (secondary N) is 1. The summed E-state index contributed by atoms with van der Waals surface area (Å²) in [5, 5.41) is 3.06. The normalized spacial score (nSPS) is 25.4. The van der Waals surface area contributed by atoms with Gasteiger partial charge in [0.05, 0.1) is 5.56 Å². The average Bonchev–Trinajstić information content (AvgIpc) is 2.43. The molecule has 114 valence electrons.